The molecule has 1 heterocycles. The summed E-state index contributed by atoms with van der Waals surface area (Å²) in [6.45, 7) is 6.23. The Labute approximate surface area is 79.3 Å². The smallest absolute Gasteiger partial charge is 0.223 e. The molecule has 0 aromatic rings. The van der Waals surface area contributed by atoms with E-state index in [-0.39, 0.29) is 11.8 Å². The lowest BCUT2D eigenvalue weighted by Gasteiger charge is -2.11. The Morgan fingerprint density at radius 1 is 1.54 bits per heavy atom. The van der Waals surface area contributed by atoms with Crippen LogP contribution in [-0.2, 0) is 4.79 Å². The lowest BCUT2D eigenvalue weighted by Crippen LogP contribution is -2.35. The van der Waals surface area contributed by atoms with Crippen LogP contribution in [0, 0.1) is 17.8 Å². The number of nitrogens with one attached hydrogen (secondary N) is 2. The molecule has 1 amide bonds. The Morgan fingerprint density at radius 2 is 2.15 bits per heavy atom. The summed E-state index contributed by atoms with van der Waals surface area (Å²) < 4.78 is 0. The van der Waals surface area contributed by atoms with Crippen LogP contribution in [0.2, 0.25) is 0 Å². The molecule has 3 heteroatoms. The highest BCUT2D eigenvalue weighted by atomic mass is 16.2. The van der Waals surface area contributed by atoms with Gasteiger partial charge in [-0.05, 0) is 18.3 Å². The van der Waals surface area contributed by atoms with Crippen molar-refractivity contribution >= 4 is 5.91 Å². The number of piperidine rings is 1. The van der Waals surface area contributed by atoms with Gasteiger partial charge in [0.15, 0.2) is 0 Å². The monoisotopic (exact) mass is 182 g/mol. The van der Waals surface area contributed by atoms with Crippen molar-refractivity contribution in [3.05, 3.63) is 0 Å². The number of fused-ring (bicyclic) bond motifs is 1. The minimum absolute atomic E-state index is 0.175. The highest BCUT2D eigenvalue weighted by molar-refractivity contribution is 5.79. The molecule has 0 spiro atoms. The average molecular weight is 182 g/mol. The van der Waals surface area contributed by atoms with E-state index in [4.69, 9.17) is 0 Å². The Hall–Kier alpha value is -0.570. The molecular weight excluding hydrogens is 164 g/mol. The van der Waals surface area contributed by atoms with Crippen molar-refractivity contribution in [3.8, 4) is 0 Å². The van der Waals surface area contributed by atoms with Gasteiger partial charge in [-0.1, -0.05) is 13.8 Å². The molecule has 1 aliphatic heterocycles. The molecule has 2 fully saturated rings. The zero-order valence-corrected chi connectivity index (χ0v) is 8.34. The van der Waals surface area contributed by atoms with Crippen molar-refractivity contribution in [1.82, 2.24) is 10.6 Å². The van der Waals surface area contributed by atoms with E-state index in [0.29, 0.717) is 6.04 Å². The molecule has 3 atom stereocenters. The van der Waals surface area contributed by atoms with Crippen molar-refractivity contribution in [2.75, 3.05) is 13.1 Å². The molecule has 2 rings (SSSR count). The minimum atomic E-state index is 0.175. The van der Waals surface area contributed by atoms with Crippen LogP contribution in [-0.4, -0.2) is 25.0 Å². The van der Waals surface area contributed by atoms with Crippen LogP contribution in [0.5, 0.6) is 0 Å². The van der Waals surface area contributed by atoms with Gasteiger partial charge in [0, 0.05) is 25.0 Å². The summed E-state index contributed by atoms with van der Waals surface area (Å²) in [6.07, 6.45) is 0.937. The van der Waals surface area contributed by atoms with Gasteiger partial charge in [0.1, 0.15) is 0 Å². The van der Waals surface area contributed by atoms with Gasteiger partial charge >= 0.3 is 0 Å². The highest BCUT2D eigenvalue weighted by Gasteiger charge is 2.53. The topological polar surface area (TPSA) is 41.1 Å². The van der Waals surface area contributed by atoms with Crippen molar-refractivity contribution in [2.45, 2.75) is 26.3 Å². The average Bonchev–Trinajstić information content (AvgIpc) is 2.63. The maximum Gasteiger partial charge on any atom is 0.223 e. The van der Waals surface area contributed by atoms with E-state index < -0.39 is 0 Å². The molecule has 1 saturated carbocycles. The predicted octanol–water partition coefficient (Wildman–Crippen LogP) is 0.366. The maximum atomic E-state index is 11.5. The Balaban J connectivity index is 1.77. The van der Waals surface area contributed by atoms with Gasteiger partial charge in [0.25, 0.3) is 0 Å². The highest BCUT2D eigenvalue weighted by Crippen LogP contribution is 2.41. The maximum absolute atomic E-state index is 11.5. The molecule has 0 bridgehead atoms. The Kier molecular flexibility index (Phi) is 2.28. The van der Waals surface area contributed by atoms with Crippen LogP contribution >= 0.6 is 0 Å². The number of hydrogen-bond acceptors (Lipinski definition) is 2. The second-order valence-corrected chi connectivity index (χ2v) is 4.33. The molecule has 0 aromatic carbocycles. The summed E-state index contributed by atoms with van der Waals surface area (Å²) in [5, 5.41) is 6.44. The molecule has 1 saturated heterocycles. The summed E-state index contributed by atoms with van der Waals surface area (Å²) in [6, 6.07) is 0.489. The van der Waals surface area contributed by atoms with Crippen LogP contribution in [0.4, 0.5) is 0 Å². The van der Waals surface area contributed by atoms with Gasteiger partial charge in [0.2, 0.25) is 5.91 Å². The molecular formula is C10H18N2O. The van der Waals surface area contributed by atoms with Gasteiger partial charge < -0.3 is 10.6 Å². The van der Waals surface area contributed by atoms with E-state index in [1.54, 1.807) is 0 Å². The fraction of sp³-hybridized carbons (Fsp3) is 0.900. The van der Waals surface area contributed by atoms with Crippen molar-refractivity contribution in [2.24, 2.45) is 17.8 Å². The summed E-state index contributed by atoms with van der Waals surface area (Å²) in [5.74, 6) is 1.87. The third kappa shape index (κ3) is 1.57. The third-order valence-electron chi connectivity index (χ3n) is 3.46. The van der Waals surface area contributed by atoms with Crippen molar-refractivity contribution < 1.29 is 4.79 Å². The number of carbonyl (C=O) groups excluding carboxylic acids is 1. The van der Waals surface area contributed by atoms with Crippen LogP contribution in [0.25, 0.3) is 0 Å². The summed E-state index contributed by atoms with van der Waals surface area (Å²) in [5.41, 5.74) is 0. The fourth-order valence-electron chi connectivity index (χ4n) is 2.12. The zero-order valence-electron chi connectivity index (χ0n) is 8.34. The minimum Gasteiger partial charge on any atom is -0.352 e. The molecule has 3 nitrogen and oxygen atoms in total. The normalized spacial score (nSPS) is 38.2. The zero-order chi connectivity index (χ0) is 9.42. The standard InChI is InChI=1S/C10H18N2O/c1-3-6(2)10(13)12-9-7-4-11-5-8(7)9/h6-9,11H,3-5H2,1-2H3,(H,12,13). The summed E-state index contributed by atoms with van der Waals surface area (Å²) in [4.78, 5) is 11.5. The van der Waals surface area contributed by atoms with Gasteiger partial charge in [-0.15, -0.1) is 0 Å². The Bertz CT molecular complexity index is 207. The van der Waals surface area contributed by atoms with Crippen LogP contribution < -0.4 is 10.6 Å². The lowest BCUT2D eigenvalue weighted by molar-refractivity contribution is -0.124. The second kappa shape index (κ2) is 3.29. The molecule has 2 N–H and O–H groups in total. The fourth-order valence-corrected chi connectivity index (χ4v) is 2.12. The second-order valence-electron chi connectivity index (χ2n) is 4.33. The van der Waals surface area contributed by atoms with E-state index in [1.165, 1.54) is 0 Å². The predicted molar refractivity (Wildman–Crippen MR) is 51.2 cm³/mol. The van der Waals surface area contributed by atoms with E-state index in [2.05, 4.69) is 17.6 Å². The molecule has 74 valence electrons. The quantitative estimate of drug-likeness (QED) is 0.662. The number of amides is 1. The van der Waals surface area contributed by atoms with Gasteiger partial charge in [-0.3, -0.25) is 4.79 Å². The van der Waals surface area contributed by atoms with Gasteiger partial charge in [-0.25, -0.2) is 0 Å². The molecule has 1 aliphatic carbocycles. The number of rotatable bonds is 3. The van der Waals surface area contributed by atoms with Crippen molar-refractivity contribution in [1.29, 1.82) is 0 Å². The molecule has 13 heavy (non-hydrogen) atoms. The van der Waals surface area contributed by atoms with E-state index in [9.17, 15) is 4.79 Å². The number of carbonyl (C=O) groups is 1. The first-order valence-electron chi connectivity index (χ1n) is 5.25. The van der Waals surface area contributed by atoms with Gasteiger partial charge in [-0.2, -0.15) is 0 Å². The molecule has 3 unspecified atom stereocenters. The molecule has 2 aliphatic rings. The number of hydrogen-bond donors (Lipinski definition) is 2. The first-order valence-corrected chi connectivity index (χ1v) is 5.25. The van der Waals surface area contributed by atoms with Crippen LogP contribution in [0.1, 0.15) is 20.3 Å². The van der Waals surface area contributed by atoms with Crippen molar-refractivity contribution in [3.63, 3.8) is 0 Å². The SMILES string of the molecule is CCC(C)C(=O)NC1C2CNCC21. The first kappa shape index (κ1) is 9.00. The third-order valence-corrected chi connectivity index (χ3v) is 3.46. The van der Waals surface area contributed by atoms with E-state index in [0.717, 1.165) is 31.3 Å². The van der Waals surface area contributed by atoms with E-state index >= 15 is 0 Å². The lowest BCUT2D eigenvalue weighted by atomic mass is 10.1. The first-order chi connectivity index (χ1) is 6.24. The summed E-state index contributed by atoms with van der Waals surface area (Å²) >= 11 is 0. The summed E-state index contributed by atoms with van der Waals surface area (Å²) in [7, 11) is 0. The molecule has 0 radical (unpaired) electrons. The van der Waals surface area contributed by atoms with Crippen LogP contribution in [0.15, 0.2) is 0 Å². The molecule has 0 aromatic heterocycles. The Morgan fingerprint density at radius 3 is 2.69 bits per heavy atom. The largest absolute Gasteiger partial charge is 0.352 e. The van der Waals surface area contributed by atoms with Crippen LogP contribution in [0.3, 0.4) is 0 Å². The van der Waals surface area contributed by atoms with Gasteiger partial charge in [0.05, 0.1) is 0 Å². The van der Waals surface area contributed by atoms with E-state index in [1.807, 2.05) is 6.92 Å².